The van der Waals surface area contributed by atoms with Crippen LogP contribution in [0, 0.1) is 11.8 Å². The molecule has 0 aliphatic heterocycles. The molecule has 3 atom stereocenters. The average molecular weight is 255 g/mol. The first-order valence-electron chi connectivity index (χ1n) is 7.81. The van der Waals surface area contributed by atoms with Crippen molar-refractivity contribution in [2.24, 2.45) is 11.8 Å². The molecular weight excluding hydrogens is 226 g/mol. The zero-order chi connectivity index (χ0) is 12.8. The molecule has 0 aromatic heterocycles. The molecule has 0 amide bonds. The molecule has 2 aliphatic rings. The Labute approximate surface area is 111 Å². The van der Waals surface area contributed by atoms with E-state index in [9.17, 15) is 10.2 Å². The van der Waals surface area contributed by atoms with Gasteiger partial charge in [0, 0.05) is 6.54 Å². The Morgan fingerprint density at radius 2 is 1.72 bits per heavy atom. The predicted octanol–water partition coefficient (Wildman–Crippen LogP) is 2.07. The van der Waals surface area contributed by atoms with Crippen molar-refractivity contribution in [3.05, 3.63) is 0 Å². The van der Waals surface area contributed by atoms with E-state index in [1.54, 1.807) is 0 Å². The fourth-order valence-corrected chi connectivity index (χ4v) is 3.62. The van der Waals surface area contributed by atoms with E-state index >= 15 is 0 Å². The maximum atomic E-state index is 9.98. The molecule has 0 bridgehead atoms. The van der Waals surface area contributed by atoms with E-state index in [0.717, 1.165) is 44.7 Å². The molecule has 3 heteroatoms. The molecule has 2 saturated carbocycles. The van der Waals surface area contributed by atoms with Gasteiger partial charge in [0.05, 0.1) is 12.2 Å². The van der Waals surface area contributed by atoms with Gasteiger partial charge in [-0.15, -0.1) is 0 Å². The van der Waals surface area contributed by atoms with Gasteiger partial charge in [0.2, 0.25) is 0 Å². The minimum absolute atomic E-state index is 0.0889. The Morgan fingerprint density at radius 3 is 2.44 bits per heavy atom. The lowest BCUT2D eigenvalue weighted by Gasteiger charge is -2.26. The quantitative estimate of drug-likeness (QED) is 0.681. The van der Waals surface area contributed by atoms with Gasteiger partial charge in [-0.25, -0.2) is 0 Å². The van der Waals surface area contributed by atoms with Gasteiger partial charge in [0.25, 0.3) is 0 Å². The van der Waals surface area contributed by atoms with Gasteiger partial charge < -0.3 is 15.5 Å². The van der Waals surface area contributed by atoms with E-state index < -0.39 is 0 Å². The Kier molecular flexibility index (Phi) is 5.93. The first-order chi connectivity index (χ1) is 8.74. The molecule has 3 nitrogen and oxygen atoms in total. The summed E-state index contributed by atoms with van der Waals surface area (Å²) in [5, 5.41) is 23.0. The molecule has 18 heavy (non-hydrogen) atoms. The monoisotopic (exact) mass is 255 g/mol. The minimum Gasteiger partial charge on any atom is -0.393 e. The number of aliphatic hydroxyl groups excluding tert-OH is 2. The highest BCUT2D eigenvalue weighted by atomic mass is 16.3. The van der Waals surface area contributed by atoms with E-state index in [4.69, 9.17) is 0 Å². The number of nitrogens with one attached hydrogen (secondary N) is 1. The number of aliphatic hydroxyl groups is 2. The van der Waals surface area contributed by atoms with E-state index in [0.29, 0.717) is 5.92 Å². The molecule has 0 aromatic rings. The summed E-state index contributed by atoms with van der Waals surface area (Å²) in [4.78, 5) is 0. The average Bonchev–Trinajstić information content (AvgIpc) is 2.82. The normalized spacial score (nSPS) is 31.7. The van der Waals surface area contributed by atoms with Crippen molar-refractivity contribution in [2.45, 2.75) is 70.0 Å². The van der Waals surface area contributed by atoms with Gasteiger partial charge in [-0.05, 0) is 44.1 Å². The highest BCUT2D eigenvalue weighted by Gasteiger charge is 2.21. The van der Waals surface area contributed by atoms with Crippen molar-refractivity contribution in [1.29, 1.82) is 0 Å². The summed E-state index contributed by atoms with van der Waals surface area (Å²) < 4.78 is 0. The second-order valence-corrected chi connectivity index (χ2v) is 6.38. The van der Waals surface area contributed by atoms with E-state index in [-0.39, 0.29) is 12.2 Å². The van der Waals surface area contributed by atoms with Crippen molar-refractivity contribution in [1.82, 2.24) is 5.32 Å². The molecule has 2 aliphatic carbocycles. The Balaban J connectivity index is 1.53. The van der Waals surface area contributed by atoms with Crippen molar-refractivity contribution >= 4 is 0 Å². The molecule has 0 radical (unpaired) electrons. The van der Waals surface area contributed by atoms with Crippen LogP contribution < -0.4 is 5.32 Å². The molecule has 3 unspecified atom stereocenters. The van der Waals surface area contributed by atoms with Crippen molar-refractivity contribution in [2.75, 3.05) is 13.1 Å². The van der Waals surface area contributed by atoms with Gasteiger partial charge >= 0.3 is 0 Å². The van der Waals surface area contributed by atoms with Crippen LogP contribution in [0.5, 0.6) is 0 Å². The van der Waals surface area contributed by atoms with Crippen LogP contribution in [0.2, 0.25) is 0 Å². The third-order valence-corrected chi connectivity index (χ3v) is 4.65. The molecule has 0 heterocycles. The molecule has 0 spiro atoms. The lowest BCUT2D eigenvalue weighted by molar-refractivity contribution is 0.0967. The molecule has 0 aromatic carbocycles. The van der Waals surface area contributed by atoms with Gasteiger partial charge in [-0.1, -0.05) is 32.1 Å². The van der Waals surface area contributed by atoms with E-state index in [1.807, 2.05) is 0 Å². The summed E-state index contributed by atoms with van der Waals surface area (Å²) in [7, 11) is 0. The third-order valence-electron chi connectivity index (χ3n) is 4.65. The maximum Gasteiger partial charge on any atom is 0.0667 e. The predicted molar refractivity (Wildman–Crippen MR) is 73.4 cm³/mol. The molecule has 0 saturated heterocycles. The smallest absolute Gasteiger partial charge is 0.0667 e. The summed E-state index contributed by atoms with van der Waals surface area (Å²) in [6, 6.07) is 0. The maximum absolute atomic E-state index is 9.98. The zero-order valence-corrected chi connectivity index (χ0v) is 11.5. The van der Waals surface area contributed by atoms with Gasteiger partial charge in [-0.3, -0.25) is 0 Å². The standard InChI is InChI=1S/C15H29NO2/c17-14-7-3-6-13(9-14)10-16-11-15(18)8-12-4-1-2-5-12/h12-18H,1-11H2. The van der Waals surface area contributed by atoms with Crippen LogP contribution in [0.3, 0.4) is 0 Å². The summed E-state index contributed by atoms with van der Waals surface area (Å²) in [6.07, 6.45) is 10.3. The molecule has 3 N–H and O–H groups in total. The summed E-state index contributed by atoms with van der Waals surface area (Å²) in [6.45, 7) is 1.68. The van der Waals surface area contributed by atoms with Crippen LogP contribution in [0.15, 0.2) is 0 Å². The lowest BCUT2D eigenvalue weighted by atomic mass is 9.87. The van der Waals surface area contributed by atoms with Gasteiger partial charge in [-0.2, -0.15) is 0 Å². The fourth-order valence-electron chi connectivity index (χ4n) is 3.62. The summed E-state index contributed by atoms with van der Waals surface area (Å²) in [5.41, 5.74) is 0. The number of hydrogen-bond donors (Lipinski definition) is 3. The number of rotatable bonds is 6. The van der Waals surface area contributed by atoms with Gasteiger partial charge in [0.1, 0.15) is 0 Å². The van der Waals surface area contributed by atoms with Crippen molar-refractivity contribution in [3.8, 4) is 0 Å². The zero-order valence-electron chi connectivity index (χ0n) is 11.5. The van der Waals surface area contributed by atoms with Crippen LogP contribution in [0.1, 0.15) is 57.8 Å². The van der Waals surface area contributed by atoms with Gasteiger partial charge in [0.15, 0.2) is 0 Å². The fraction of sp³-hybridized carbons (Fsp3) is 1.00. The number of hydrogen-bond acceptors (Lipinski definition) is 3. The summed E-state index contributed by atoms with van der Waals surface area (Å²) in [5.74, 6) is 1.37. The third kappa shape index (κ3) is 4.87. The lowest BCUT2D eigenvalue weighted by Crippen LogP contribution is -2.34. The topological polar surface area (TPSA) is 52.5 Å². The molecular formula is C15H29NO2. The summed E-state index contributed by atoms with van der Waals surface area (Å²) >= 11 is 0. The Morgan fingerprint density at radius 1 is 1.00 bits per heavy atom. The van der Waals surface area contributed by atoms with Crippen LogP contribution in [-0.2, 0) is 0 Å². The van der Waals surface area contributed by atoms with Crippen LogP contribution in [-0.4, -0.2) is 35.5 Å². The second kappa shape index (κ2) is 7.46. The van der Waals surface area contributed by atoms with Crippen LogP contribution >= 0.6 is 0 Å². The second-order valence-electron chi connectivity index (χ2n) is 6.38. The van der Waals surface area contributed by atoms with Crippen LogP contribution in [0.25, 0.3) is 0 Å². The van der Waals surface area contributed by atoms with Crippen molar-refractivity contribution < 1.29 is 10.2 Å². The first-order valence-corrected chi connectivity index (χ1v) is 7.81. The highest BCUT2D eigenvalue weighted by Crippen LogP contribution is 2.28. The SMILES string of the molecule is OC(CNCC1CCCC(O)C1)CC1CCCC1. The molecule has 106 valence electrons. The van der Waals surface area contributed by atoms with E-state index in [2.05, 4.69) is 5.32 Å². The molecule has 2 fully saturated rings. The Hall–Kier alpha value is -0.120. The minimum atomic E-state index is -0.179. The van der Waals surface area contributed by atoms with E-state index in [1.165, 1.54) is 32.1 Å². The van der Waals surface area contributed by atoms with Crippen LogP contribution in [0.4, 0.5) is 0 Å². The largest absolute Gasteiger partial charge is 0.393 e. The van der Waals surface area contributed by atoms with Crippen molar-refractivity contribution in [3.63, 3.8) is 0 Å². The highest BCUT2D eigenvalue weighted by molar-refractivity contribution is 4.76. The molecule has 2 rings (SSSR count). The first kappa shape index (κ1) is 14.3. The Bertz CT molecular complexity index is 229.